The normalized spacial score (nSPS) is 10.7. The van der Waals surface area contributed by atoms with E-state index < -0.39 is 10.8 Å². The van der Waals surface area contributed by atoms with Crippen LogP contribution in [0.1, 0.15) is 10.4 Å². The number of nitrogens with zero attached hydrogens (tertiary/aromatic N) is 4. The van der Waals surface area contributed by atoms with Crippen molar-refractivity contribution in [2.75, 3.05) is 5.32 Å². The number of benzene rings is 2. The van der Waals surface area contributed by atoms with Crippen molar-refractivity contribution in [3.05, 3.63) is 82.8 Å². The Morgan fingerprint density at radius 3 is 2.61 bits per heavy atom. The molecule has 28 heavy (non-hydrogen) atoms. The zero-order valence-electron chi connectivity index (χ0n) is 14.4. The highest BCUT2D eigenvalue weighted by Crippen LogP contribution is 2.26. The molecule has 4 aromatic rings. The Bertz CT molecular complexity index is 1200. The summed E-state index contributed by atoms with van der Waals surface area (Å²) in [5.41, 5.74) is 8.21. The minimum Gasteiger partial charge on any atom is -0.365 e. The Kier molecular flexibility index (Phi) is 4.17. The zero-order chi connectivity index (χ0) is 19.7. The number of aromatic nitrogens is 3. The summed E-state index contributed by atoms with van der Waals surface area (Å²) in [5.74, 6) is -0.673. The van der Waals surface area contributed by atoms with Gasteiger partial charge in [0.1, 0.15) is 18.3 Å². The summed E-state index contributed by atoms with van der Waals surface area (Å²) in [6.45, 7) is 0. The lowest BCUT2D eigenvalue weighted by atomic mass is 10.2. The highest BCUT2D eigenvalue weighted by Gasteiger charge is 2.16. The second-order valence-electron chi connectivity index (χ2n) is 5.99. The van der Waals surface area contributed by atoms with E-state index in [4.69, 9.17) is 5.73 Å². The van der Waals surface area contributed by atoms with Crippen LogP contribution in [0.15, 0.2) is 67.1 Å². The van der Waals surface area contributed by atoms with Gasteiger partial charge in [0, 0.05) is 17.4 Å². The van der Waals surface area contributed by atoms with Crippen LogP contribution < -0.4 is 11.1 Å². The van der Waals surface area contributed by atoms with E-state index >= 15 is 0 Å². The molecule has 0 unspecified atom stereocenters. The van der Waals surface area contributed by atoms with Gasteiger partial charge in [0.2, 0.25) is 0 Å². The molecule has 3 N–H and O–H groups in total. The van der Waals surface area contributed by atoms with Gasteiger partial charge in [-0.2, -0.15) is 0 Å². The summed E-state index contributed by atoms with van der Waals surface area (Å²) in [7, 11) is 0. The first kappa shape index (κ1) is 17.2. The standard InChI is InChI=1S/C19H14N6O3/c20-18(26)15-9-14(25(27)28)10-21-19(15)23-12-6-7-17-16(8-12)22-11-24(17)13-4-2-1-3-5-13/h1-11H,(H2,20,26)(H,21,23). The molecular formula is C19H14N6O3. The highest BCUT2D eigenvalue weighted by molar-refractivity contribution is 5.99. The molecule has 0 aliphatic carbocycles. The van der Waals surface area contributed by atoms with Gasteiger partial charge in [-0.3, -0.25) is 19.5 Å². The number of fused-ring (bicyclic) bond motifs is 1. The number of para-hydroxylation sites is 1. The molecule has 4 rings (SSSR count). The van der Waals surface area contributed by atoms with E-state index in [1.165, 1.54) is 0 Å². The maximum Gasteiger partial charge on any atom is 0.288 e. The molecule has 0 aliphatic rings. The minimum atomic E-state index is -0.812. The number of rotatable bonds is 5. The third kappa shape index (κ3) is 3.12. The molecule has 0 spiro atoms. The molecule has 0 bridgehead atoms. The van der Waals surface area contributed by atoms with E-state index in [0.717, 1.165) is 29.0 Å². The molecule has 0 aliphatic heterocycles. The molecule has 2 aromatic heterocycles. The van der Waals surface area contributed by atoms with Crippen molar-refractivity contribution < 1.29 is 9.72 Å². The third-order valence-electron chi connectivity index (χ3n) is 4.19. The molecule has 0 saturated carbocycles. The van der Waals surface area contributed by atoms with E-state index in [1.807, 2.05) is 41.0 Å². The van der Waals surface area contributed by atoms with E-state index in [0.29, 0.717) is 5.69 Å². The topological polar surface area (TPSA) is 129 Å². The summed E-state index contributed by atoms with van der Waals surface area (Å²) >= 11 is 0. The van der Waals surface area contributed by atoms with Crippen molar-refractivity contribution in [2.45, 2.75) is 0 Å². The molecule has 2 heterocycles. The molecule has 2 aromatic carbocycles. The summed E-state index contributed by atoms with van der Waals surface area (Å²) in [6.07, 6.45) is 2.79. The van der Waals surface area contributed by atoms with E-state index in [-0.39, 0.29) is 17.1 Å². The van der Waals surface area contributed by atoms with Crippen LogP contribution in [0.2, 0.25) is 0 Å². The van der Waals surface area contributed by atoms with Gasteiger partial charge in [0.25, 0.3) is 11.6 Å². The van der Waals surface area contributed by atoms with Crippen LogP contribution in [0.4, 0.5) is 17.2 Å². The maximum absolute atomic E-state index is 11.7. The Labute approximate surface area is 158 Å². The number of carbonyl (C=O) groups is 1. The Hall–Kier alpha value is -4.27. The van der Waals surface area contributed by atoms with Gasteiger partial charge >= 0.3 is 0 Å². The zero-order valence-corrected chi connectivity index (χ0v) is 14.4. The molecule has 138 valence electrons. The van der Waals surface area contributed by atoms with Gasteiger partial charge in [-0.1, -0.05) is 18.2 Å². The molecular weight excluding hydrogens is 360 g/mol. The van der Waals surface area contributed by atoms with Crippen molar-refractivity contribution in [2.24, 2.45) is 5.73 Å². The number of anilines is 2. The monoisotopic (exact) mass is 374 g/mol. The number of hydrogen-bond acceptors (Lipinski definition) is 6. The summed E-state index contributed by atoms with van der Waals surface area (Å²) in [5, 5.41) is 13.9. The summed E-state index contributed by atoms with van der Waals surface area (Å²) < 4.78 is 1.96. The van der Waals surface area contributed by atoms with E-state index in [9.17, 15) is 14.9 Å². The van der Waals surface area contributed by atoms with Crippen molar-refractivity contribution in [3.8, 4) is 5.69 Å². The molecule has 0 atom stereocenters. The first-order valence-corrected chi connectivity index (χ1v) is 8.27. The second-order valence-corrected chi connectivity index (χ2v) is 5.99. The smallest absolute Gasteiger partial charge is 0.288 e. The average Bonchev–Trinajstić information content (AvgIpc) is 3.12. The Balaban J connectivity index is 1.70. The fraction of sp³-hybridized carbons (Fsp3) is 0. The van der Waals surface area contributed by atoms with Crippen LogP contribution in [0.5, 0.6) is 0 Å². The van der Waals surface area contributed by atoms with Crippen molar-refractivity contribution in [1.82, 2.24) is 14.5 Å². The van der Waals surface area contributed by atoms with Gasteiger partial charge in [0.05, 0.1) is 21.5 Å². The van der Waals surface area contributed by atoms with Gasteiger partial charge < -0.3 is 11.1 Å². The Morgan fingerprint density at radius 1 is 1.11 bits per heavy atom. The van der Waals surface area contributed by atoms with Crippen LogP contribution in [0, 0.1) is 10.1 Å². The SMILES string of the molecule is NC(=O)c1cc([N+](=O)[O-])cnc1Nc1ccc2c(c1)ncn2-c1ccccc1. The predicted molar refractivity (Wildman–Crippen MR) is 104 cm³/mol. The molecule has 0 fully saturated rings. The van der Waals surface area contributed by atoms with Gasteiger partial charge in [0.15, 0.2) is 0 Å². The van der Waals surface area contributed by atoms with Crippen molar-refractivity contribution >= 4 is 34.1 Å². The van der Waals surface area contributed by atoms with Crippen molar-refractivity contribution in [1.29, 1.82) is 0 Å². The van der Waals surface area contributed by atoms with Crippen LogP contribution in [-0.2, 0) is 0 Å². The summed E-state index contributed by atoms with van der Waals surface area (Å²) in [4.78, 5) is 30.3. The van der Waals surface area contributed by atoms with Crippen LogP contribution >= 0.6 is 0 Å². The lowest BCUT2D eigenvalue weighted by Crippen LogP contribution is -2.14. The number of nitro groups is 1. The van der Waals surface area contributed by atoms with Crippen molar-refractivity contribution in [3.63, 3.8) is 0 Å². The Morgan fingerprint density at radius 2 is 1.89 bits per heavy atom. The molecule has 0 saturated heterocycles. The first-order valence-electron chi connectivity index (χ1n) is 8.27. The van der Waals surface area contributed by atoms with Crippen LogP contribution in [0.25, 0.3) is 16.7 Å². The van der Waals surface area contributed by atoms with Crippen LogP contribution in [0.3, 0.4) is 0 Å². The average molecular weight is 374 g/mol. The quantitative estimate of drug-likeness (QED) is 0.408. The minimum absolute atomic E-state index is 0.0656. The van der Waals surface area contributed by atoms with Gasteiger partial charge in [-0.25, -0.2) is 9.97 Å². The maximum atomic E-state index is 11.7. The fourth-order valence-electron chi connectivity index (χ4n) is 2.86. The number of nitrogens with one attached hydrogen (secondary N) is 1. The number of primary amides is 1. The van der Waals surface area contributed by atoms with Crippen LogP contribution in [-0.4, -0.2) is 25.4 Å². The molecule has 9 heteroatoms. The third-order valence-corrected chi connectivity index (χ3v) is 4.19. The number of nitrogens with two attached hydrogens (primary N) is 1. The number of hydrogen-bond donors (Lipinski definition) is 2. The highest BCUT2D eigenvalue weighted by atomic mass is 16.6. The van der Waals surface area contributed by atoms with E-state index in [2.05, 4.69) is 15.3 Å². The van der Waals surface area contributed by atoms with Gasteiger partial charge in [-0.05, 0) is 30.3 Å². The first-order chi connectivity index (χ1) is 13.5. The molecule has 1 amide bonds. The number of amides is 1. The largest absolute Gasteiger partial charge is 0.365 e. The number of pyridine rings is 1. The second kappa shape index (κ2) is 6.80. The molecule has 9 nitrogen and oxygen atoms in total. The lowest BCUT2D eigenvalue weighted by molar-refractivity contribution is -0.385. The fourth-order valence-corrected chi connectivity index (χ4v) is 2.86. The number of carbonyl (C=O) groups excluding carboxylic acids is 1. The summed E-state index contributed by atoms with van der Waals surface area (Å²) in [6, 6.07) is 16.4. The number of imidazole rings is 1. The van der Waals surface area contributed by atoms with E-state index in [1.54, 1.807) is 18.5 Å². The molecule has 0 radical (unpaired) electrons. The van der Waals surface area contributed by atoms with Gasteiger partial charge in [-0.15, -0.1) is 0 Å². The predicted octanol–water partition coefficient (Wildman–Crippen LogP) is 3.17. The lowest BCUT2D eigenvalue weighted by Gasteiger charge is -2.09.